The van der Waals surface area contributed by atoms with Crippen LogP contribution in [0.3, 0.4) is 0 Å². The van der Waals surface area contributed by atoms with Crippen LogP contribution >= 0.6 is 0 Å². The first-order chi connectivity index (χ1) is 14.0. The normalized spacial score (nSPS) is 13.0. The molecule has 2 aromatic rings. The van der Waals surface area contributed by atoms with E-state index in [4.69, 9.17) is 10.5 Å². The molecule has 2 heterocycles. The number of hydrogen-bond donors (Lipinski definition) is 3. The minimum atomic E-state index is -0.741. The first kappa shape index (κ1) is 19.7. The Balaban J connectivity index is 1.80. The van der Waals surface area contributed by atoms with Gasteiger partial charge in [0.2, 0.25) is 6.41 Å². The van der Waals surface area contributed by atoms with E-state index < -0.39 is 12.1 Å². The lowest BCUT2D eigenvalue weighted by Crippen LogP contribution is -2.46. The number of ether oxygens (including phenoxy) is 1. The number of urea groups is 1. The van der Waals surface area contributed by atoms with Crippen LogP contribution in [-0.4, -0.2) is 47.9 Å². The van der Waals surface area contributed by atoms with E-state index in [1.165, 1.54) is 7.11 Å². The van der Waals surface area contributed by atoms with Gasteiger partial charge in [0.25, 0.3) is 5.91 Å². The summed E-state index contributed by atoms with van der Waals surface area (Å²) >= 11 is 0. The Morgan fingerprint density at radius 1 is 1.45 bits per heavy atom. The molecule has 0 fully saturated rings. The summed E-state index contributed by atoms with van der Waals surface area (Å²) in [4.78, 5) is 40.6. The molecule has 9 nitrogen and oxygen atoms in total. The third-order valence-electron chi connectivity index (χ3n) is 4.31. The van der Waals surface area contributed by atoms with Crippen molar-refractivity contribution in [2.45, 2.75) is 12.6 Å². The standard InChI is InChI=1S/C20H19N5O4/c1-29-16-7-5-14-10-25(19(27)17(14)9-16)11-15(24-20(28)23-12-26)6-4-13-3-2-8-22-18(13)21/h2-3,5,7-9,12,15H,10-11H2,1H3,(H2,21,22)(H2,23,24,26,28)/t15-/m1/s1. The number of aromatic nitrogens is 1. The van der Waals surface area contributed by atoms with Gasteiger partial charge in [-0.2, -0.15) is 0 Å². The molecule has 0 saturated carbocycles. The summed E-state index contributed by atoms with van der Waals surface area (Å²) in [6.45, 7) is 0.498. The number of methoxy groups -OCH3 is 1. The van der Waals surface area contributed by atoms with E-state index in [1.807, 2.05) is 11.4 Å². The molecule has 0 saturated heterocycles. The number of nitrogens with zero attached hydrogens (tertiary/aromatic N) is 2. The molecule has 1 aromatic heterocycles. The van der Waals surface area contributed by atoms with Crippen molar-refractivity contribution < 1.29 is 19.1 Å². The summed E-state index contributed by atoms with van der Waals surface area (Å²) in [5, 5.41) is 4.57. The van der Waals surface area contributed by atoms with Crippen molar-refractivity contribution in [2.24, 2.45) is 0 Å². The van der Waals surface area contributed by atoms with Gasteiger partial charge in [-0.3, -0.25) is 14.9 Å². The van der Waals surface area contributed by atoms with Gasteiger partial charge < -0.3 is 20.7 Å². The molecule has 29 heavy (non-hydrogen) atoms. The fourth-order valence-electron chi connectivity index (χ4n) is 2.90. The first-order valence-electron chi connectivity index (χ1n) is 8.70. The summed E-state index contributed by atoms with van der Waals surface area (Å²) in [6.07, 6.45) is 1.81. The SMILES string of the molecule is COc1ccc2c(c1)C(=O)N(C[C@@H](C#Cc1cccnc1N)NC(=O)NC=O)C2. The number of nitrogens with two attached hydrogens (primary N) is 1. The number of nitrogens with one attached hydrogen (secondary N) is 2. The second kappa shape index (κ2) is 8.75. The number of amides is 4. The van der Waals surface area contributed by atoms with Crippen molar-refractivity contribution in [1.82, 2.24) is 20.5 Å². The molecule has 0 aliphatic carbocycles. The number of fused-ring (bicyclic) bond motifs is 1. The van der Waals surface area contributed by atoms with E-state index in [0.717, 1.165) is 5.56 Å². The summed E-state index contributed by atoms with van der Waals surface area (Å²) in [7, 11) is 1.53. The summed E-state index contributed by atoms with van der Waals surface area (Å²) in [6, 6.07) is 7.22. The highest BCUT2D eigenvalue weighted by atomic mass is 16.5. The number of anilines is 1. The van der Waals surface area contributed by atoms with Crippen LogP contribution in [-0.2, 0) is 11.3 Å². The van der Waals surface area contributed by atoms with E-state index in [0.29, 0.717) is 23.4 Å². The zero-order valence-corrected chi connectivity index (χ0v) is 15.6. The Bertz CT molecular complexity index is 1010. The third-order valence-corrected chi connectivity index (χ3v) is 4.31. The van der Waals surface area contributed by atoms with E-state index in [-0.39, 0.29) is 24.7 Å². The number of carbonyl (C=O) groups excluding carboxylic acids is 3. The number of carbonyl (C=O) groups is 3. The monoisotopic (exact) mass is 393 g/mol. The molecule has 1 aliphatic rings. The lowest BCUT2D eigenvalue weighted by molar-refractivity contribution is -0.108. The van der Waals surface area contributed by atoms with Crippen LogP contribution in [0.25, 0.3) is 0 Å². The largest absolute Gasteiger partial charge is 0.497 e. The lowest BCUT2D eigenvalue weighted by Gasteiger charge is -2.21. The fourth-order valence-corrected chi connectivity index (χ4v) is 2.90. The van der Waals surface area contributed by atoms with Crippen molar-refractivity contribution >= 4 is 24.2 Å². The third kappa shape index (κ3) is 4.62. The zero-order chi connectivity index (χ0) is 20.8. The van der Waals surface area contributed by atoms with Gasteiger partial charge in [-0.25, -0.2) is 9.78 Å². The number of nitrogen functional groups attached to an aromatic ring is 1. The zero-order valence-electron chi connectivity index (χ0n) is 15.6. The smallest absolute Gasteiger partial charge is 0.322 e. The maximum atomic E-state index is 12.7. The maximum Gasteiger partial charge on any atom is 0.322 e. The Morgan fingerprint density at radius 2 is 2.28 bits per heavy atom. The van der Waals surface area contributed by atoms with Crippen LogP contribution in [0.4, 0.5) is 10.6 Å². The van der Waals surface area contributed by atoms with Crippen LogP contribution < -0.4 is 21.1 Å². The number of benzene rings is 1. The molecule has 3 rings (SSSR count). The van der Waals surface area contributed by atoms with Gasteiger partial charge in [0, 0.05) is 18.3 Å². The highest BCUT2D eigenvalue weighted by Gasteiger charge is 2.29. The van der Waals surface area contributed by atoms with Crippen LogP contribution in [0.2, 0.25) is 0 Å². The molecule has 0 radical (unpaired) electrons. The van der Waals surface area contributed by atoms with Gasteiger partial charge in [-0.1, -0.05) is 17.9 Å². The second-order valence-corrected chi connectivity index (χ2v) is 6.20. The van der Waals surface area contributed by atoms with Crippen molar-refractivity contribution in [1.29, 1.82) is 0 Å². The number of pyridine rings is 1. The molecule has 0 bridgehead atoms. The Kier molecular flexibility index (Phi) is 5.94. The molecular weight excluding hydrogens is 374 g/mol. The Labute approximate surface area is 167 Å². The van der Waals surface area contributed by atoms with Gasteiger partial charge in [-0.05, 0) is 29.8 Å². The van der Waals surface area contributed by atoms with Gasteiger partial charge in [-0.15, -0.1) is 0 Å². The van der Waals surface area contributed by atoms with E-state index in [2.05, 4.69) is 22.1 Å². The van der Waals surface area contributed by atoms with Gasteiger partial charge in [0.1, 0.15) is 17.6 Å². The topological polar surface area (TPSA) is 127 Å². The molecule has 4 amide bonds. The number of rotatable bonds is 5. The quantitative estimate of drug-likeness (QED) is 0.502. The van der Waals surface area contributed by atoms with E-state index in [9.17, 15) is 14.4 Å². The average Bonchev–Trinajstić information content (AvgIpc) is 3.02. The van der Waals surface area contributed by atoms with Crippen molar-refractivity contribution in [3.05, 3.63) is 53.2 Å². The van der Waals surface area contributed by atoms with Gasteiger partial charge >= 0.3 is 6.03 Å². The van der Waals surface area contributed by atoms with E-state index >= 15 is 0 Å². The molecule has 1 aliphatic heterocycles. The van der Waals surface area contributed by atoms with Crippen LogP contribution in [0.5, 0.6) is 5.75 Å². The number of hydrogen-bond acceptors (Lipinski definition) is 6. The Morgan fingerprint density at radius 3 is 3.00 bits per heavy atom. The maximum absolute atomic E-state index is 12.7. The van der Waals surface area contributed by atoms with E-state index in [1.54, 1.807) is 35.4 Å². The van der Waals surface area contributed by atoms with Crippen LogP contribution in [0, 0.1) is 11.8 Å². The average molecular weight is 393 g/mol. The molecule has 148 valence electrons. The molecule has 1 atom stereocenters. The van der Waals surface area contributed by atoms with Crippen LogP contribution in [0.1, 0.15) is 21.5 Å². The van der Waals surface area contributed by atoms with Gasteiger partial charge in [0.05, 0.1) is 19.2 Å². The predicted molar refractivity (Wildman–Crippen MR) is 105 cm³/mol. The van der Waals surface area contributed by atoms with Crippen molar-refractivity contribution in [3.8, 4) is 17.6 Å². The molecule has 4 N–H and O–H groups in total. The fraction of sp³-hybridized carbons (Fsp3) is 0.200. The minimum absolute atomic E-state index is 0.120. The van der Waals surface area contributed by atoms with Crippen molar-refractivity contribution in [2.75, 3.05) is 19.4 Å². The molecule has 1 aromatic carbocycles. The lowest BCUT2D eigenvalue weighted by atomic mass is 10.1. The minimum Gasteiger partial charge on any atom is -0.497 e. The summed E-state index contributed by atoms with van der Waals surface area (Å²) in [5.74, 6) is 6.40. The summed E-state index contributed by atoms with van der Waals surface area (Å²) in [5.41, 5.74) is 7.69. The molecule has 9 heteroatoms. The molecule has 0 spiro atoms. The van der Waals surface area contributed by atoms with Crippen LogP contribution in [0.15, 0.2) is 36.5 Å². The number of imide groups is 1. The van der Waals surface area contributed by atoms with Gasteiger partial charge in [0.15, 0.2) is 0 Å². The van der Waals surface area contributed by atoms with Crippen molar-refractivity contribution in [3.63, 3.8) is 0 Å². The first-order valence-corrected chi connectivity index (χ1v) is 8.70. The Hall–Kier alpha value is -4.06. The molecular formula is C20H19N5O4. The molecule has 0 unspecified atom stereocenters. The second-order valence-electron chi connectivity index (χ2n) is 6.20. The predicted octanol–water partition coefficient (Wildman–Crippen LogP) is 0.504. The highest BCUT2D eigenvalue weighted by Crippen LogP contribution is 2.26. The summed E-state index contributed by atoms with van der Waals surface area (Å²) < 4.78 is 5.17. The highest BCUT2D eigenvalue weighted by molar-refractivity contribution is 5.98.